The maximum Gasteiger partial charge on any atom is 0.336 e. The van der Waals surface area contributed by atoms with E-state index in [-0.39, 0.29) is 11.1 Å². The number of hydrogen-bond donors (Lipinski definition) is 1. The van der Waals surface area contributed by atoms with Gasteiger partial charge in [0.25, 0.3) is 0 Å². The Morgan fingerprint density at radius 1 is 1.03 bits per heavy atom. The summed E-state index contributed by atoms with van der Waals surface area (Å²) in [7, 11) is -2.39. The smallest absolute Gasteiger partial charge is 0.336 e. The number of aromatic carboxylic acids is 2. The van der Waals surface area contributed by atoms with Crippen molar-refractivity contribution in [2.45, 2.75) is 25.4 Å². The largest absolute Gasteiger partial charge is 0.545 e. The molecule has 0 spiro atoms. The quantitative estimate of drug-likeness (QED) is 0.483. The number of carbonyl (C=O) groups is 2. The molecular formula is C29H26F2N2O4Si. The van der Waals surface area contributed by atoms with Crippen molar-refractivity contribution in [3.05, 3.63) is 87.6 Å². The molecule has 0 saturated carbocycles. The Labute approximate surface area is 219 Å². The number of carboxylic acid groups (broad SMARTS) is 2. The number of hydrogen-bond acceptors (Lipinski definition) is 4. The van der Waals surface area contributed by atoms with Crippen molar-refractivity contribution in [3.8, 4) is 0 Å². The molecule has 3 heterocycles. The molecule has 194 valence electrons. The van der Waals surface area contributed by atoms with Gasteiger partial charge in [0.1, 0.15) is 14.2 Å². The highest BCUT2D eigenvalue weighted by atomic mass is 28.3. The summed E-state index contributed by atoms with van der Waals surface area (Å²) in [6.45, 7) is 5.74. The average molecular weight is 533 g/mol. The molecule has 0 aromatic heterocycles. The Morgan fingerprint density at radius 3 is 2.39 bits per heavy atom. The zero-order valence-corrected chi connectivity index (χ0v) is 22.0. The maximum atomic E-state index is 13.7. The van der Waals surface area contributed by atoms with Crippen molar-refractivity contribution in [1.82, 2.24) is 0 Å². The molecule has 0 radical (unpaired) electrons. The third-order valence-electron chi connectivity index (χ3n) is 8.05. The van der Waals surface area contributed by atoms with E-state index in [1.807, 2.05) is 33.8 Å². The first kappa shape index (κ1) is 24.5. The second-order valence-electron chi connectivity index (χ2n) is 10.8. The summed E-state index contributed by atoms with van der Waals surface area (Å²) >= 11 is 0. The average Bonchev–Trinajstić information content (AvgIpc) is 2.84. The van der Waals surface area contributed by atoms with Crippen LogP contribution in [0.25, 0.3) is 5.57 Å². The minimum absolute atomic E-state index is 0.0116. The fourth-order valence-electron chi connectivity index (χ4n) is 5.84. The topological polar surface area (TPSA) is 83.7 Å². The van der Waals surface area contributed by atoms with Gasteiger partial charge in [-0.05, 0) is 68.6 Å². The predicted octanol–water partition coefficient (Wildman–Crippen LogP) is 2.48. The van der Waals surface area contributed by atoms with Gasteiger partial charge >= 0.3 is 5.97 Å². The standard InChI is InChI=1S/C29H26F2N2O4Si/c1-38(2)25-10-19(32-12-17(30)13-32)4-7-22(25)27(24-9-16(28(34)35)3-6-21(24)29(36)37)23-8-5-20(11-26(23)38)33-14-18(31)15-33/h3-11,17-18H,12-15H2,1-2H3,(H-,34,35,36,37). The highest BCUT2D eigenvalue weighted by Crippen LogP contribution is 2.43. The van der Waals surface area contributed by atoms with Crippen LogP contribution in [0.4, 0.5) is 14.5 Å². The van der Waals surface area contributed by atoms with E-state index in [1.54, 1.807) is 0 Å². The molecule has 1 N–H and O–H groups in total. The van der Waals surface area contributed by atoms with Crippen LogP contribution >= 0.6 is 0 Å². The fourth-order valence-corrected chi connectivity index (χ4v) is 8.92. The van der Waals surface area contributed by atoms with Gasteiger partial charge in [-0.1, -0.05) is 25.2 Å². The van der Waals surface area contributed by atoms with E-state index in [2.05, 4.69) is 25.2 Å². The molecule has 2 saturated heterocycles. The molecule has 9 heteroatoms. The van der Waals surface area contributed by atoms with Crippen molar-refractivity contribution in [1.29, 1.82) is 0 Å². The molecule has 1 aliphatic carbocycles. The van der Waals surface area contributed by atoms with Crippen LogP contribution in [0.3, 0.4) is 0 Å². The Kier molecular flexibility index (Phi) is 5.53. The summed E-state index contributed by atoms with van der Waals surface area (Å²) in [5.74, 6) is -2.56. The Hall–Kier alpha value is -3.85. The minimum atomic E-state index is -2.39. The molecule has 6 nitrogen and oxygen atoms in total. The lowest BCUT2D eigenvalue weighted by Gasteiger charge is -2.41. The summed E-state index contributed by atoms with van der Waals surface area (Å²) in [6, 6.07) is 9.85. The summed E-state index contributed by atoms with van der Waals surface area (Å²) in [6.07, 6.45) is 4.22. The Balaban J connectivity index is 1.63. The number of alkyl halides is 2. The first-order valence-electron chi connectivity index (χ1n) is 12.6. The molecule has 0 bridgehead atoms. The summed E-state index contributed by atoms with van der Waals surface area (Å²) < 4.78 is 29.3. The van der Waals surface area contributed by atoms with Crippen LogP contribution in [0.15, 0.2) is 65.4 Å². The van der Waals surface area contributed by atoms with Gasteiger partial charge in [0.05, 0.1) is 24.6 Å². The van der Waals surface area contributed by atoms with E-state index in [0.717, 1.165) is 32.9 Å². The molecule has 0 unspecified atom stereocenters. The van der Waals surface area contributed by atoms with Gasteiger partial charge in [-0.2, -0.15) is 0 Å². The third-order valence-corrected chi connectivity index (χ3v) is 11.6. The molecule has 4 aliphatic rings. The van der Waals surface area contributed by atoms with Gasteiger partial charge < -0.3 is 19.9 Å². The maximum absolute atomic E-state index is 13.7. The van der Waals surface area contributed by atoms with E-state index in [4.69, 9.17) is 0 Å². The number of benzene rings is 2. The predicted molar refractivity (Wildman–Crippen MR) is 142 cm³/mol. The van der Waals surface area contributed by atoms with Crippen LogP contribution in [-0.4, -0.2) is 73.9 Å². The summed E-state index contributed by atoms with van der Waals surface area (Å²) in [5.41, 5.74) is 4.31. The first-order valence-corrected chi connectivity index (χ1v) is 15.6. The van der Waals surface area contributed by atoms with Crippen LogP contribution in [-0.2, 0) is 0 Å². The molecule has 2 aromatic rings. The number of carbonyl (C=O) groups excluding carboxylic acids is 1. The van der Waals surface area contributed by atoms with Gasteiger partial charge in [0.2, 0.25) is 6.17 Å². The zero-order chi connectivity index (χ0) is 26.9. The van der Waals surface area contributed by atoms with Crippen molar-refractivity contribution in [3.63, 3.8) is 0 Å². The van der Waals surface area contributed by atoms with Crippen molar-refractivity contribution in [2.24, 2.45) is 0 Å². The number of fused-ring (bicyclic) bond motifs is 2. The van der Waals surface area contributed by atoms with Crippen LogP contribution < -0.4 is 15.2 Å². The van der Waals surface area contributed by atoms with Crippen LogP contribution in [0.1, 0.15) is 31.8 Å². The summed E-state index contributed by atoms with van der Waals surface area (Å²) in [4.78, 5) is 26.0. The number of nitrogens with zero attached hydrogens (tertiary/aromatic N) is 2. The van der Waals surface area contributed by atoms with Gasteiger partial charge in [-0.25, -0.2) is 18.2 Å². The van der Waals surface area contributed by atoms with Gasteiger partial charge in [-0.3, -0.25) is 0 Å². The van der Waals surface area contributed by atoms with Crippen molar-refractivity contribution in [2.75, 3.05) is 31.1 Å². The second kappa shape index (κ2) is 8.59. The van der Waals surface area contributed by atoms with E-state index < -0.39 is 32.4 Å². The number of rotatable bonds is 4. The lowest BCUT2D eigenvalue weighted by atomic mass is 9.86. The number of anilines is 1. The van der Waals surface area contributed by atoms with E-state index in [9.17, 15) is 28.6 Å². The lowest BCUT2D eigenvalue weighted by molar-refractivity contribution is -0.599. The minimum Gasteiger partial charge on any atom is -0.545 e. The molecule has 2 fully saturated rings. The molecule has 2 aromatic carbocycles. The SMILES string of the molecule is C[Si]1(C)C2=CC(=[N+]3CC(F)C3)C=CC2=C(c2cc(C(=O)[O-])ccc2C(=O)O)c2ccc(N3CC(F)C3)cc21. The number of carboxylic acids is 2. The Bertz CT molecular complexity index is 1540. The van der Waals surface area contributed by atoms with E-state index in [0.29, 0.717) is 37.3 Å². The number of allylic oxidation sites excluding steroid dienone is 5. The molecular weight excluding hydrogens is 506 g/mol. The molecule has 3 aliphatic heterocycles. The van der Waals surface area contributed by atoms with E-state index in [1.165, 1.54) is 18.2 Å². The van der Waals surface area contributed by atoms with Crippen LogP contribution in [0.5, 0.6) is 0 Å². The van der Waals surface area contributed by atoms with Gasteiger partial charge in [0, 0.05) is 17.8 Å². The summed E-state index contributed by atoms with van der Waals surface area (Å²) in [5, 5.41) is 23.9. The van der Waals surface area contributed by atoms with E-state index >= 15 is 0 Å². The third kappa shape index (κ3) is 3.75. The van der Waals surface area contributed by atoms with Gasteiger partial charge in [-0.15, -0.1) is 0 Å². The molecule has 0 atom stereocenters. The molecule has 6 rings (SSSR count). The normalized spacial score (nSPS) is 21.8. The van der Waals surface area contributed by atoms with Crippen LogP contribution in [0.2, 0.25) is 13.1 Å². The first-order chi connectivity index (χ1) is 18.0. The molecule has 38 heavy (non-hydrogen) atoms. The van der Waals surface area contributed by atoms with Crippen molar-refractivity contribution < 1.29 is 33.2 Å². The fraction of sp³-hybridized carbons (Fsp3) is 0.276. The highest BCUT2D eigenvalue weighted by Gasteiger charge is 2.42. The highest BCUT2D eigenvalue weighted by molar-refractivity contribution is 6.98. The molecule has 0 amide bonds. The van der Waals surface area contributed by atoms with Crippen LogP contribution in [0, 0.1) is 0 Å². The Morgan fingerprint density at radius 2 is 1.76 bits per heavy atom. The monoisotopic (exact) mass is 532 g/mol. The van der Waals surface area contributed by atoms with Crippen molar-refractivity contribution >= 4 is 42.2 Å². The lowest BCUT2D eigenvalue weighted by Crippen LogP contribution is -2.52. The second-order valence-corrected chi connectivity index (χ2v) is 15.1. The number of halogens is 2. The van der Waals surface area contributed by atoms with Gasteiger partial charge in [0.15, 0.2) is 18.8 Å². The zero-order valence-electron chi connectivity index (χ0n) is 21.0.